The molecule has 5 N–H and O–H groups in total. The molecule has 0 saturated carbocycles. The van der Waals surface area contributed by atoms with Crippen molar-refractivity contribution < 1.29 is 99.8 Å². The molecule has 2 aliphatic heterocycles. The van der Waals surface area contributed by atoms with Gasteiger partial charge in [0.15, 0.2) is 49.9 Å². The van der Waals surface area contributed by atoms with E-state index in [9.17, 15) is 70.7 Å². The van der Waals surface area contributed by atoms with Gasteiger partial charge in [-0.15, -0.1) is 0 Å². The van der Waals surface area contributed by atoms with Crippen molar-refractivity contribution in [3.8, 4) is 17.1 Å². The number of H-pyrrole nitrogens is 3. The molecule has 0 spiro atoms. The fourth-order valence-electron chi connectivity index (χ4n) is 12.8. The van der Waals surface area contributed by atoms with Crippen LogP contribution in [0.2, 0.25) is 15.5 Å². The molecule has 2 aliphatic rings. The van der Waals surface area contributed by atoms with Gasteiger partial charge in [0, 0.05) is 31.8 Å². The number of rotatable bonds is 18. The monoisotopic (exact) mass is 1930 g/mol. The van der Waals surface area contributed by atoms with E-state index in [1.54, 1.807) is 110 Å². The van der Waals surface area contributed by atoms with Gasteiger partial charge in [0.05, 0.1) is 84.8 Å². The zero-order valence-electron chi connectivity index (χ0n) is 74.6. The minimum Gasteiger partial charge on any atom is -0.478 e. The van der Waals surface area contributed by atoms with Crippen LogP contribution in [0, 0.1) is 38.2 Å². The van der Waals surface area contributed by atoms with Crippen LogP contribution in [0.3, 0.4) is 0 Å². The predicted molar refractivity (Wildman–Crippen MR) is 488 cm³/mol. The summed E-state index contributed by atoms with van der Waals surface area (Å²) in [5.74, 6) is -8.18. The van der Waals surface area contributed by atoms with Gasteiger partial charge in [-0.25, -0.2) is 85.0 Å². The zero-order chi connectivity index (χ0) is 100. The molecule has 0 amide bonds. The third-order valence-electron chi connectivity index (χ3n) is 19.3. The van der Waals surface area contributed by atoms with Crippen molar-refractivity contribution in [3.63, 3.8) is 0 Å². The van der Waals surface area contributed by atoms with Gasteiger partial charge in [-0.2, -0.15) is 19.2 Å². The largest absolute Gasteiger partial charge is 0.478 e. The highest BCUT2D eigenvalue weighted by molar-refractivity contribution is 6.30. The summed E-state index contributed by atoms with van der Waals surface area (Å²) in [6, 6.07) is 40.3. The van der Waals surface area contributed by atoms with E-state index in [4.69, 9.17) is 92.6 Å². The zero-order valence-corrected chi connectivity index (χ0v) is 76.9. The molecule has 0 radical (unpaired) electrons. The summed E-state index contributed by atoms with van der Waals surface area (Å²) in [6.45, 7) is 22.1. The van der Waals surface area contributed by atoms with Crippen LogP contribution >= 0.6 is 34.8 Å². The fourth-order valence-corrected chi connectivity index (χ4v) is 13.2. The van der Waals surface area contributed by atoms with E-state index in [-0.39, 0.29) is 85.4 Å². The van der Waals surface area contributed by atoms with E-state index in [1.807, 2.05) is 62.3 Å². The molecule has 15 rings (SSSR count). The molecule has 2 fully saturated rings. The van der Waals surface area contributed by atoms with Crippen LogP contribution in [0.1, 0.15) is 174 Å². The number of esters is 4. The number of pyridine rings is 6. The van der Waals surface area contributed by atoms with E-state index < -0.39 is 128 Å². The minimum absolute atomic E-state index is 0.00634. The van der Waals surface area contributed by atoms with Crippen molar-refractivity contribution in [2.75, 3.05) is 26.4 Å². The average Bonchev–Trinajstić information content (AvgIpc) is 0.925. The molecule has 712 valence electrons. The first kappa shape index (κ1) is 108. The van der Waals surface area contributed by atoms with Gasteiger partial charge < -0.3 is 38.6 Å². The van der Waals surface area contributed by atoms with E-state index in [1.165, 1.54) is 87.9 Å². The molecule has 4 atom stereocenters. The summed E-state index contributed by atoms with van der Waals surface area (Å²) in [5, 5.41) is 16.8. The van der Waals surface area contributed by atoms with Crippen molar-refractivity contribution in [3.05, 3.63) is 328 Å². The molecule has 136 heavy (non-hydrogen) atoms. The summed E-state index contributed by atoms with van der Waals surface area (Å²) >= 11 is 17.3. The number of ether oxygens (including phenoxy) is 6. The van der Waals surface area contributed by atoms with Gasteiger partial charge in [0.1, 0.15) is 13.2 Å². The van der Waals surface area contributed by atoms with Gasteiger partial charge in [-0.1, -0.05) is 149 Å². The van der Waals surface area contributed by atoms with Crippen molar-refractivity contribution in [2.45, 2.75) is 144 Å². The molecule has 2 unspecified atom stereocenters. The van der Waals surface area contributed by atoms with Crippen LogP contribution < -0.4 is 33.7 Å². The molecule has 0 aliphatic carbocycles. The van der Waals surface area contributed by atoms with Gasteiger partial charge in [-0.05, 0) is 180 Å². The number of carboxylic acid groups (broad SMARTS) is 2. The Balaban J connectivity index is 0.000000221. The minimum atomic E-state index is -1.57. The van der Waals surface area contributed by atoms with E-state index in [2.05, 4.69) is 58.7 Å². The number of halogens is 6. The van der Waals surface area contributed by atoms with Crippen LogP contribution in [-0.2, 0) is 57.2 Å². The molecule has 2 saturated heterocycles. The normalized spacial score (nSPS) is 13.0. The van der Waals surface area contributed by atoms with Gasteiger partial charge >= 0.3 is 65.2 Å². The lowest BCUT2D eigenvalue weighted by Crippen LogP contribution is -2.32. The first-order chi connectivity index (χ1) is 64.7. The molecule has 9 aromatic heterocycles. The molecule has 36 nitrogen and oxygen atoms in total. The maximum absolute atomic E-state index is 13.7. The second kappa shape index (κ2) is 52.3. The Bertz CT molecular complexity index is 6310. The Morgan fingerprint density at radius 2 is 0.669 bits per heavy atom. The lowest BCUT2D eigenvalue weighted by Gasteiger charge is -2.17. The third kappa shape index (κ3) is 29.9. The molecule has 11 heterocycles. The van der Waals surface area contributed by atoms with E-state index >= 15 is 0 Å². The molecule has 42 heteroatoms. The number of aryl methyl sites for hydroxylation is 3. The standard InChI is InChI=1S/2C17H14O6.3C16H14ClFN4O2.2C5H10O.2CO2/c2*18-15(19)14(23-17(21)13-9-5-2-6-10-13)11-22-16(20)12-7-3-1-4-8-12;3*1-7(2)11-12(8(3)4-5-19-11)22-14-9(15(23)21-16(22)24)6-10(18)13(17)20-14;2*1-5-3-2-4-6-5;2*2-1-3/h2*1-10,14H,11H2,(H,18,19);3*4-7H,1-3H3,(H,21,23,24);2*5H,2-4H2,1H3;;/t2*14-;;;;;;;/m00......./s1. The second-order valence-corrected chi connectivity index (χ2v) is 31.2. The Morgan fingerprint density at radius 1 is 0.426 bits per heavy atom. The molecule has 4 aromatic carbocycles. The summed E-state index contributed by atoms with van der Waals surface area (Å²) < 4.78 is 74.6. The molecule has 0 bridgehead atoms. The fraction of sp³-hybridized carbons (Fsp3) is 0.277. The van der Waals surface area contributed by atoms with Gasteiger partial charge in [-0.3, -0.25) is 44.3 Å². The Kier molecular flexibility index (Phi) is 41.4. The smallest absolute Gasteiger partial charge is 0.373 e. The van der Waals surface area contributed by atoms with Gasteiger partial charge in [0.2, 0.25) is 12.2 Å². The lowest BCUT2D eigenvalue weighted by atomic mass is 10.0. The van der Waals surface area contributed by atoms with Crippen molar-refractivity contribution in [2.24, 2.45) is 0 Å². The Hall–Kier alpha value is -15.2. The topological polar surface area (TPSA) is 508 Å². The van der Waals surface area contributed by atoms with Crippen molar-refractivity contribution in [1.82, 2.24) is 58.6 Å². The number of nitrogens with one attached hydrogen (secondary N) is 3. The number of hydrogen-bond acceptors (Lipinski definition) is 28. The van der Waals surface area contributed by atoms with Crippen LogP contribution in [-0.4, -0.2) is 168 Å². The lowest BCUT2D eigenvalue weighted by molar-refractivity contribution is -0.193. The number of aromatic nitrogens is 12. The Labute approximate surface area is 785 Å². The first-order valence-corrected chi connectivity index (χ1v) is 42.4. The van der Waals surface area contributed by atoms with Crippen LogP contribution in [0.4, 0.5) is 13.2 Å². The quantitative estimate of drug-likeness (QED) is 0.0302. The van der Waals surface area contributed by atoms with E-state index in [0.717, 1.165) is 48.1 Å². The predicted octanol–water partition coefficient (Wildman–Crippen LogP) is 13.6. The first-order valence-electron chi connectivity index (χ1n) is 41.2. The molecular weight excluding hydrogens is 1840 g/mol. The second-order valence-electron chi connectivity index (χ2n) is 30.2. The number of aromatic amines is 3. The van der Waals surface area contributed by atoms with Crippen molar-refractivity contribution in [1.29, 1.82) is 0 Å². The Morgan fingerprint density at radius 3 is 0.875 bits per heavy atom. The molecule has 13 aromatic rings. The van der Waals surface area contributed by atoms with Crippen LogP contribution in [0.15, 0.2) is 205 Å². The SMILES string of the molecule is CC1CCCO1.CC1CCCO1.Cc1ccnc(C(C)C)c1-n1c(=O)[nH]c(=O)c2cc(F)c(Cl)nc21.Cc1ccnc(C(C)C)c1-n1c(=O)[nH]c(=O)c2cc(F)c(Cl)nc21.Cc1ccnc(C(C)C)c1-n1c(=O)[nH]c(=O)c2cc(F)c(Cl)nc21.O=C(OC[C@H](OC(=O)c1ccccc1)C(=O)O)c1ccccc1.O=C(OC[C@H](OC(=O)c1ccccc1)C(=O)O)c1ccccc1.O=C=O.O=C=O. The average molecular weight is 1940 g/mol. The van der Waals surface area contributed by atoms with Crippen LogP contribution in [0.25, 0.3) is 50.2 Å². The highest BCUT2D eigenvalue weighted by Crippen LogP contribution is 2.30. The number of benzene rings is 4. The van der Waals surface area contributed by atoms with Crippen molar-refractivity contribution >= 4 is 116 Å². The highest BCUT2D eigenvalue weighted by Gasteiger charge is 2.29. The number of carbonyl (C=O) groups is 6. The summed E-state index contributed by atoms with van der Waals surface area (Å²) in [4.78, 5) is 207. The highest BCUT2D eigenvalue weighted by atomic mass is 35.5. The van der Waals surface area contributed by atoms with Crippen LogP contribution in [0.5, 0.6) is 0 Å². The van der Waals surface area contributed by atoms with E-state index in [0.29, 0.717) is 46.4 Å². The number of fused-ring (bicyclic) bond motifs is 3. The summed E-state index contributed by atoms with van der Waals surface area (Å²) in [6.07, 6.45) is 8.44. The molecular formula is C94H90Cl3F3N12O24. The van der Waals surface area contributed by atoms with Gasteiger partial charge in [0.25, 0.3) is 16.7 Å². The third-order valence-corrected chi connectivity index (χ3v) is 20.1. The maximum Gasteiger partial charge on any atom is 0.373 e. The maximum atomic E-state index is 13.7. The number of carboxylic acids is 2. The summed E-state index contributed by atoms with van der Waals surface area (Å²) in [5.41, 5.74) is 2.59. The number of aliphatic carboxylic acids is 2. The summed E-state index contributed by atoms with van der Waals surface area (Å²) in [7, 11) is 0. The number of nitrogens with zero attached hydrogens (tertiary/aromatic N) is 9. The number of hydrogen-bond donors (Lipinski definition) is 5. The number of carbonyl (C=O) groups excluding carboxylic acids is 8.